The summed E-state index contributed by atoms with van der Waals surface area (Å²) in [6.07, 6.45) is -0.456. The number of carbonyl (C=O) groups excluding carboxylic acids is 3. The van der Waals surface area contributed by atoms with Crippen LogP contribution >= 0.6 is 11.6 Å². The normalized spacial score (nSPS) is 15.0. The van der Waals surface area contributed by atoms with Crippen molar-refractivity contribution >= 4 is 62.5 Å². The lowest BCUT2D eigenvalue weighted by molar-refractivity contribution is -0.385. The number of hydrogen-bond acceptors (Lipinski definition) is 10. The lowest BCUT2D eigenvalue weighted by atomic mass is 9.91. The third kappa shape index (κ3) is 6.16. The van der Waals surface area contributed by atoms with Crippen molar-refractivity contribution in [3.8, 4) is 17.2 Å². The topological polar surface area (TPSA) is 173 Å². The molecule has 5 aromatic rings. The number of anilines is 1. The summed E-state index contributed by atoms with van der Waals surface area (Å²) in [5, 5.41) is 16.7. The van der Waals surface area contributed by atoms with Gasteiger partial charge < -0.3 is 33.2 Å². The summed E-state index contributed by atoms with van der Waals surface area (Å²) >= 11 is 6.50. The number of fused-ring (bicyclic) bond motifs is 4. The summed E-state index contributed by atoms with van der Waals surface area (Å²) < 4.78 is 28.3. The maximum atomic E-state index is 14.3. The average Bonchev–Trinajstić information content (AvgIpc) is 3.82. The number of hydrogen-bond donors (Lipinski definition) is 2. The standard InChI is InChI=1S/C36H35ClN4O10/c1-6-50-35(43)27-15-26(41(45)46)28(40(27)2)17-51-36(44)39-24-14-22-23(11-19(16-37)30(22)21-10-8-7-9-20(21)24)32(42)25-12-18-13-29(47-3)33(48-4)34(49-5)31(18)38-25/h7-10,12-15,19,23,38H,6,11,16-17H2,1-5H3,(H,39,44). The van der Waals surface area contributed by atoms with Gasteiger partial charge >= 0.3 is 12.1 Å². The fourth-order valence-electron chi connectivity index (χ4n) is 6.89. The van der Waals surface area contributed by atoms with E-state index in [1.165, 1.54) is 32.9 Å². The van der Waals surface area contributed by atoms with Crippen molar-refractivity contribution in [2.75, 3.05) is 39.1 Å². The summed E-state index contributed by atoms with van der Waals surface area (Å²) in [5.74, 6) is -0.183. The number of methoxy groups -OCH3 is 3. The Morgan fingerprint density at radius 1 is 1.02 bits per heavy atom. The van der Waals surface area contributed by atoms with E-state index in [2.05, 4.69) is 10.3 Å². The van der Waals surface area contributed by atoms with Gasteiger partial charge in [0.05, 0.1) is 49.8 Å². The number of Topliss-reactive ketones (excluding diaryl/α,β-unsaturated/α-hetero) is 1. The number of H-pyrrole nitrogens is 1. The van der Waals surface area contributed by atoms with Crippen LogP contribution in [0.25, 0.3) is 21.7 Å². The van der Waals surface area contributed by atoms with Crippen LogP contribution in [0.5, 0.6) is 17.2 Å². The van der Waals surface area contributed by atoms with Crippen LogP contribution in [0.1, 0.15) is 63.0 Å². The number of ketones is 1. The van der Waals surface area contributed by atoms with Crippen molar-refractivity contribution in [1.29, 1.82) is 0 Å². The molecule has 0 bridgehead atoms. The Morgan fingerprint density at radius 2 is 1.75 bits per heavy atom. The van der Waals surface area contributed by atoms with E-state index < -0.39 is 35.2 Å². The van der Waals surface area contributed by atoms with E-state index in [-0.39, 0.29) is 35.6 Å². The molecule has 2 atom stereocenters. The third-order valence-electron chi connectivity index (χ3n) is 9.20. The van der Waals surface area contributed by atoms with E-state index in [1.807, 2.05) is 24.3 Å². The number of nitro groups is 1. The van der Waals surface area contributed by atoms with E-state index in [4.69, 9.17) is 35.3 Å². The zero-order chi connectivity index (χ0) is 36.6. The Bertz CT molecular complexity index is 2210. The highest BCUT2D eigenvalue weighted by Gasteiger charge is 2.38. The monoisotopic (exact) mass is 718 g/mol. The largest absolute Gasteiger partial charge is 0.493 e. The van der Waals surface area contributed by atoms with Gasteiger partial charge in [-0.05, 0) is 54.0 Å². The Balaban J connectivity index is 1.34. The number of amides is 1. The highest BCUT2D eigenvalue weighted by atomic mass is 35.5. The number of nitrogens with one attached hydrogen (secondary N) is 2. The molecule has 15 heteroatoms. The molecule has 3 aromatic carbocycles. The summed E-state index contributed by atoms with van der Waals surface area (Å²) in [7, 11) is 5.97. The average molecular weight is 719 g/mol. The van der Waals surface area contributed by atoms with Crippen LogP contribution in [0.2, 0.25) is 0 Å². The lowest BCUT2D eigenvalue weighted by Crippen LogP contribution is -2.17. The SMILES string of the molecule is CCOC(=O)c1cc([N+](=O)[O-])c(COC(=O)Nc2cc3c(c4ccccc24)C(CCl)CC3C(=O)c2cc3cc(OC)c(OC)c(OC)c3[nH]2)n1C. The molecule has 2 aromatic heterocycles. The number of ether oxygens (including phenoxy) is 5. The molecule has 51 heavy (non-hydrogen) atoms. The van der Waals surface area contributed by atoms with Gasteiger partial charge in [0.1, 0.15) is 18.0 Å². The predicted molar refractivity (Wildman–Crippen MR) is 189 cm³/mol. The fraction of sp³-hybridized carbons (Fsp3) is 0.306. The van der Waals surface area contributed by atoms with Crippen LogP contribution in [-0.4, -0.2) is 66.1 Å². The molecule has 1 amide bonds. The zero-order valence-electron chi connectivity index (χ0n) is 28.5. The molecule has 14 nitrogen and oxygen atoms in total. The molecule has 0 radical (unpaired) electrons. The maximum absolute atomic E-state index is 14.3. The van der Waals surface area contributed by atoms with E-state index in [1.54, 1.807) is 25.1 Å². The first-order chi connectivity index (χ1) is 24.6. The van der Waals surface area contributed by atoms with E-state index >= 15 is 0 Å². The number of alkyl halides is 1. The summed E-state index contributed by atoms with van der Waals surface area (Å²) in [6, 6.07) is 13.8. The van der Waals surface area contributed by atoms with Crippen molar-refractivity contribution in [2.24, 2.45) is 7.05 Å². The van der Waals surface area contributed by atoms with Gasteiger partial charge in [-0.1, -0.05) is 24.3 Å². The minimum atomic E-state index is -0.895. The maximum Gasteiger partial charge on any atom is 0.412 e. The number of aromatic nitrogens is 2. The number of nitrogens with zero attached hydrogens (tertiary/aromatic N) is 2. The molecule has 2 unspecified atom stereocenters. The summed E-state index contributed by atoms with van der Waals surface area (Å²) in [5.41, 5.74) is 2.47. The highest BCUT2D eigenvalue weighted by Crippen LogP contribution is 2.50. The molecule has 2 N–H and O–H groups in total. The Labute approximate surface area is 296 Å². The first-order valence-electron chi connectivity index (χ1n) is 16.0. The number of esters is 1. The van der Waals surface area contributed by atoms with Crippen LogP contribution in [0.15, 0.2) is 48.5 Å². The van der Waals surface area contributed by atoms with Crippen molar-refractivity contribution in [1.82, 2.24) is 9.55 Å². The Morgan fingerprint density at radius 3 is 2.39 bits per heavy atom. The summed E-state index contributed by atoms with van der Waals surface area (Å²) in [4.78, 5) is 54.2. The molecule has 0 fully saturated rings. The van der Waals surface area contributed by atoms with Crippen molar-refractivity contribution in [3.63, 3.8) is 0 Å². The number of rotatable bonds is 12. The smallest absolute Gasteiger partial charge is 0.412 e. The van der Waals surface area contributed by atoms with Gasteiger partial charge in [-0.15, -0.1) is 11.6 Å². The molecule has 0 saturated carbocycles. The zero-order valence-corrected chi connectivity index (χ0v) is 29.2. The van der Waals surface area contributed by atoms with Crippen molar-refractivity contribution < 1.29 is 43.0 Å². The molecule has 1 aliphatic carbocycles. The van der Waals surface area contributed by atoms with Crippen molar-refractivity contribution in [3.05, 3.63) is 86.9 Å². The number of aromatic amines is 1. The van der Waals surface area contributed by atoms with E-state index in [0.29, 0.717) is 56.9 Å². The minimum absolute atomic E-state index is 0.00201. The van der Waals surface area contributed by atoms with Gasteiger partial charge in [-0.3, -0.25) is 20.2 Å². The minimum Gasteiger partial charge on any atom is -0.493 e. The van der Waals surface area contributed by atoms with Gasteiger partial charge in [0, 0.05) is 35.7 Å². The molecule has 6 rings (SSSR count). The molecular weight excluding hydrogens is 684 g/mol. The molecule has 0 spiro atoms. The van der Waals surface area contributed by atoms with Gasteiger partial charge in [0.2, 0.25) is 5.75 Å². The van der Waals surface area contributed by atoms with Gasteiger partial charge in [-0.2, -0.15) is 0 Å². The molecule has 0 saturated heterocycles. The highest BCUT2D eigenvalue weighted by molar-refractivity contribution is 6.19. The van der Waals surface area contributed by atoms with Crippen molar-refractivity contribution in [2.45, 2.75) is 31.8 Å². The van der Waals surface area contributed by atoms with Crippen LogP contribution in [0.4, 0.5) is 16.2 Å². The fourth-order valence-corrected chi connectivity index (χ4v) is 7.17. The summed E-state index contributed by atoms with van der Waals surface area (Å²) in [6.45, 7) is 1.20. The van der Waals surface area contributed by atoms with Gasteiger partial charge in [-0.25, -0.2) is 9.59 Å². The third-order valence-corrected chi connectivity index (χ3v) is 9.58. The first-order valence-corrected chi connectivity index (χ1v) is 16.5. The second-order valence-electron chi connectivity index (χ2n) is 11.9. The Hall–Kier alpha value is -5.76. The number of benzene rings is 3. The number of carbonyl (C=O) groups is 3. The predicted octanol–water partition coefficient (Wildman–Crippen LogP) is 7.21. The van der Waals surface area contributed by atoms with Gasteiger partial charge in [0.15, 0.2) is 17.3 Å². The Kier molecular flexibility index (Phi) is 9.79. The first kappa shape index (κ1) is 35.1. The molecule has 266 valence electrons. The van der Waals surface area contributed by atoms with Crippen LogP contribution < -0.4 is 19.5 Å². The number of halogens is 1. The van der Waals surface area contributed by atoms with E-state index in [0.717, 1.165) is 17.0 Å². The van der Waals surface area contributed by atoms with Crippen LogP contribution in [-0.2, 0) is 23.1 Å². The van der Waals surface area contributed by atoms with Crippen LogP contribution in [0, 0.1) is 10.1 Å². The molecule has 0 aliphatic heterocycles. The quantitative estimate of drug-likeness (QED) is 0.0441. The second-order valence-corrected chi connectivity index (χ2v) is 12.2. The van der Waals surface area contributed by atoms with Gasteiger partial charge in [0.25, 0.3) is 5.69 Å². The van der Waals surface area contributed by atoms with E-state index in [9.17, 15) is 24.5 Å². The molecule has 1 aliphatic rings. The molecule has 2 heterocycles. The molecular formula is C36H35ClN4O10. The van der Waals surface area contributed by atoms with Crippen LogP contribution in [0.3, 0.4) is 0 Å². The lowest BCUT2D eigenvalue weighted by Gasteiger charge is -2.17. The second kappa shape index (κ2) is 14.2.